The van der Waals surface area contributed by atoms with Crippen molar-refractivity contribution in [2.45, 2.75) is 52.0 Å². The van der Waals surface area contributed by atoms with E-state index < -0.39 is 0 Å². The summed E-state index contributed by atoms with van der Waals surface area (Å²) in [6.07, 6.45) is 7.69. The molecule has 0 amide bonds. The zero-order chi connectivity index (χ0) is 14.7. The van der Waals surface area contributed by atoms with Crippen molar-refractivity contribution >= 4 is 11.3 Å². The van der Waals surface area contributed by atoms with Gasteiger partial charge in [-0.2, -0.15) is 0 Å². The second-order valence-electron chi connectivity index (χ2n) is 5.59. The summed E-state index contributed by atoms with van der Waals surface area (Å²) >= 11 is 1.84. The number of rotatable bonds is 5. The number of aromatic nitrogens is 2. The van der Waals surface area contributed by atoms with Crippen molar-refractivity contribution in [2.75, 3.05) is 6.54 Å². The Labute approximate surface area is 130 Å². The predicted molar refractivity (Wildman–Crippen MR) is 88.7 cm³/mol. The van der Waals surface area contributed by atoms with Gasteiger partial charge in [-0.3, -0.25) is 4.98 Å². The van der Waals surface area contributed by atoms with Gasteiger partial charge in [-0.25, -0.2) is 4.98 Å². The molecule has 0 saturated carbocycles. The van der Waals surface area contributed by atoms with Crippen molar-refractivity contribution in [3.63, 3.8) is 0 Å². The molecule has 0 fully saturated rings. The average Bonchev–Trinajstić information content (AvgIpc) is 2.97. The van der Waals surface area contributed by atoms with Crippen molar-refractivity contribution in [2.24, 2.45) is 0 Å². The van der Waals surface area contributed by atoms with Gasteiger partial charge in [0.1, 0.15) is 10.7 Å². The molecule has 21 heavy (non-hydrogen) atoms. The lowest BCUT2D eigenvalue weighted by atomic mass is 9.97. The predicted octanol–water partition coefficient (Wildman–Crippen LogP) is 4.14. The Morgan fingerprint density at radius 3 is 3.10 bits per heavy atom. The Kier molecular flexibility index (Phi) is 4.66. The Balaban J connectivity index is 1.94. The molecule has 0 aromatic carbocycles. The second kappa shape index (κ2) is 6.67. The number of hydrogen-bond donors (Lipinski definition) is 1. The molecule has 112 valence electrons. The van der Waals surface area contributed by atoms with Crippen LogP contribution in [0.3, 0.4) is 0 Å². The van der Waals surface area contributed by atoms with E-state index in [1.165, 1.54) is 41.8 Å². The van der Waals surface area contributed by atoms with Crippen molar-refractivity contribution in [3.8, 4) is 10.7 Å². The smallest absolute Gasteiger partial charge is 0.142 e. The van der Waals surface area contributed by atoms with Crippen molar-refractivity contribution in [3.05, 3.63) is 34.5 Å². The highest BCUT2D eigenvalue weighted by atomic mass is 32.1. The first-order valence-electron chi connectivity index (χ1n) is 8.00. The number of hydrogen-bond acceptors (Lipinski definition) is 4. The number of fused-ring (bicyclic) bond motifs is 1. The van der Waals surface area contributed by atoms with Crippen LogP contribution in [0.4, 0.5) is 0 Å². The molecule has 0 spiro atoms. The molecule has 3 nitrogen and oxygen atoms in total. The van der Waals surface area contributed by atoms with Crippen molar-refractivity contribution < 1.29 is 0 Å². The fourth-order valence-electron chi connectivity index (χ4n) is 2.95. The molecule has 1 unspecified atom stereocenters. The maximum absolute atomic E-state index is 4.96. The summed E-state index contributed by atoms with van der Waals surface area (Å²) in [6, 6.07) is 4.62. The largest absolute Gasteiger partial charge is 0.309 e. The minimum absolute atomic E-state index is 0.437. The van der Waals surface area contributed by atoms with Gasteiger partial charge in [-0.15, -0.1) is 11.3 Å². The van der Waals surface area contributed by atoms with E-state index in [0.29, 0.717) is 6.04 Å². The summed E-state index contributed by atoms with van der Waals surface area (Å²) in [5.74, 6) is 0. The first-order chi connectivity index (χ1) is 10.3. The molecule has 1 aliphatic carbocycles. The van der Waals surface area contributed by atoms with Gasteiger partial charge in [-0.1, -0.05) is 19.9 Å². The Morgan fingerprint density at radius 2 is 2.29 bits per heavy atom. The topological polar surface area (TPSA) is 37.8 Å². The van der Waals surface area contributed by atoms with E-state index in [1.54, 1.807) is 0 Å². The zero-order valence-corrected chi connectivity index (χ0v) is 13.7. The summed E-state index contributed by atoms with van der Waals surface area (Å²) in [5, 5.41) is 4.74. The summed E-state index contributed by atoms with van der Waals surface area (Å²) in [5.41, 5.74) is 3.65. The molecule has 0 radical (unpaired) electrons. The average molecular weight is 301 g/mol. The minimum atomic E-state index is 0.437. The molecular formula is C17H23N3S. The zero-order valence-electron chi connectivity index (χ0n) is 12.9. The number of nitrogens with zero attached hydrogens (tertiary/aromatic N) is 2. The van der Waals surface area contributed by atoms with Gasteiger partial charge in [0, 0.05) is 11.1 Å². The maximum Gasteiger partial charge on any atom is 0.142 e. The van der Waals surface area contributed by atoms with Gasteiger partial charge in [0.15, 0.2) is 0 Å². The lowest BCUT2D eigenvalue weighted by Gasteiger charge is -2.22. The van der Waals surface area contributed by atoms with Gasteiger partial charge in [0.05, 0.1) is 11.7 Å². The van der Waals surface area contributed by atoms with Crippen LogP contribution in [-0.4, -0.2) is 16.5 Å². The minimum Gasteiger partial charge on any atom is -0.309 e. The molecule has 0 saturated heterocycles. The summed E-state index contributed by atoms with van der Waals surface area (Å²) in [7, 11) is 0. The molecule has 1 atom stereocenters. The molecule has 1 aliphatic rings. The van der Waals surface area contributed by atoms with Gasteiger partial charge < -0.3 is 5.32 Å². The highest BCUT2D eigenvalue weighted by molar-refractivity contribution is 7.15. The first kappa shape index (κ1) is 14.7. The van der Waals surface area contributed by atoms with Crippen molar-refractivity contribution in [1.29, 1.82) is 0 Å². The van der Waals surface area contributed by atoms with Crippen LogP contribution in [0.15, 0.2) is 18.3 Å². The second-order valence-corrected chi connectivity index (χ2v) is 6.67. The lowest BCUT2D eigenvalue weighted by Crippen LogP contribution is -2.25. The maximum atomic E-state index is 4.96. The number of thiazole rings is 1. The summed E-state index contributed by atoms with van der Waals surface area (Å²) < 4.78 is 0. The molecular weight excluding hydrogens is 278 g/mol. The van der Waals surface area contributed by atoms with Crippen LogP contribution in [-0.2, 0) is 12.8 Å². The van der Waals surface area contributed by atoms with Crippen LogP contribution in [0, 0.1) is 0 Å². The van der Waals surface area contributed by atoms with Gasteiger partial charge in [0.25, 0.3) is 0 Å². The number of pyridine rings is 1. The third kappa shape index (κ3) is 3.01. The molecule has 2 heterocycles. The van der Waals surface area contributed by atoms with E-state index in [9.17, 15) is 0 Å². The number of nitrogens with one attached hydrogen (secondary N) is 1. The molecule has 0 aliphatic heterocycles. The third-order valence-electron chi connectivity index (χ3n) is 4.07. The Morgan fingerprint density at radius 1 is 1.38 bits per heavy atom. The number of aryl methyl sites for hydroxylation is 2. The van der Waals surface area contributed by atoms with E-state index in [-0.39, 0.29) is 0 Å². The van der Waals surface area contributed by atoms with E-state index in [0.717, 1.165) is 23.7 Å². The third-order valence-corrected chi connectivity index (χ3v) is 5.21. The normalized spacial score (nSPS) is 17.7. The standard InChI is InChI=1S/C17H23N3S/c1-3-10-18-13-8-5-9-14-16(13)20-17(21-14)15-12(4-2)7-6-11-19-15/h6-7,11,13,18H,3-5,8-10H2,1-2H3. The molecule has 2 aromatic heterocycles. The monoisotopic (exact) mass is 301 g/mol. The lowest BCUT2D eigenvalue weighted by molar-refractivity contribution is 0.454. The van der Waals surface area contributed by atoms with Crippen LogP contribution in [0.1, 0.15) is 55.3 Å². The van der Waals surface area contributed by atoms with Crippen LogP contribution < -0.4 is 5.32 Å². The van der Waals surface area contributed by atoms with Gasteiger partial charge in [0.2, 0.25) is 0 Å². The summed E-state index contributed by atoms with van der Waals surface area (Å²) in [6.45, 7) is 5.46. The van der Waals surface area contributed by atoms with Crippen LogP contribution in [0.5, 0.6) is 0 Å². The van der Waals surface area contributed by atoms with Crippen LogP contribution in [0.2, 0.25) is 0 Å². The Hall–Kier alpha value is -1.26. The van der Waals surface area contributed by atoms with E-state index in [4.69, 9.17) is 4.98 Å². The fraction of sp³-hybridized carbons (Fsp3) is 0.529. The first-order valence-corrected chi connectivity index (χ1v) is 8.82. The Bertz CT molecular complexity index is 606. The van der Waals surface area contributed by atoms with E-state index in [1.807, 2.05) is 23.6 Å². The fourth-order valence-corrected chi connectivity index (χ4v) is 4.15. The van der Waals surface area contributed by atoms with Crippen molar-refractivity contribution in [1.82, 2.24) is 15.3 Å². The van der Waals surface area contributed by atoms with Gasteiger partial charge >= 0.3 is 0 Å². The molecule has 1 N–H and O–H groups in total. The van der Waals surface area contributed by atoms with E-state index >= 15 is 0 Å². The molecule has 0 bridgehead atoms. The quantitative estimate of drug-likeness (QED) is 0.901. The molecule has 2 aromatic rings. The molecule has 4 heteroatoms. The highest BCUT2D eigenvalue weighted by Gasteiger charge is 2.25. The molecule has 3 rings (SSSR count). The highest BCUT2D eigenvalue weighted by Crippen LogP contribution is 2.37. The summed E-state index contributed by atoms with van der Waals surface area (Å²) in [4.78, 5) is 11.0. The van der Waals surface area contributed by atoms with Crippen LogP contribution >= 0.6 is 11.3 Å². The van der Waals surface area contributed by atoms with E-state index in [2.05, 4.69) is 30.2 Å². The SMILES string of the molecule is CCCNC1CCCc2sc(-c3ncccc3CC)nc21. The van der Waals surface area contributed by atoms with Gasteiger partial charge in [-0.05, 0) is 50.3 Å². The van der Waals surface area contributed by atoms with Crippen LogP contribution in [0.25, 0.3) is 10.7 Å².